The van der Waals surface area contributed by atoms with Crippen LogP contribution in [0.25, 0.3) is 6.08 Å². The van der Waals surface area contributed by atoms with Gasteiger partial charge in [0.2, 0.25) is 5.91 Å². The van der Waals surface area contributed by atoms with Gasteiger partial charge in [0.15, 0.2) is 0 Å². The summed E-state index contributed by atoms with van der Waals surface area (Å²) >= 11 is 0. The number of nitrogens with one attached hydrogen (secondary N) is 1. The second-order valence-corrected chi connectivity index (χ2v) is 6.91. The number of nitrogens with zero attached hydrogens (tertiary/aromatic N) is 1. The molecule has 0 bridgehead atoms. The molecule has 2 aliphatic rings. The van der Waals surface area contributed by atoms with E-state index in [4.69, 9.17) is 4.74 Å². The Labute approximate surface area is 138 Å². The van der Waals surface area contributed by atoms with Crippen molar-refractivity contribution in [2.75, 3.05) is 19.7 Å². The van der Waals surface area contributed by atoms with Crippen molar-refractivity contribution in [1.82, 2.24) is 10.2 Å². The lowest BCUT2D eigenvalue weighted by Gasteiger charge is -2.36. The number of morpholine rings is 1. The van der Waals surface area contributed by atoms with E-state index in [1.165, 1.54) is 0 Å². The Kier molecular flexibility index (Phi) is 5.13. The molecular formula is C19H26N2O2. The second kappa shape index (κ2) is 7.28. The average molecular weight is 314 g/mol. The molecule has 4 nitrogen and oxygen atoms in total. The van der Waals surface area contributed by atoms with Crippen LogP contribution >= 0.6 is 0 Å². The van der Waals surface area contributed by atoms with E-state index >= 15 is 0 Å². The lowest BCUT2D eigenvalue weighted by Crippen LogP contribution is -2.48. The highest BCUT2D eigenvalue weighted by molar-refractivity contribution is 5.91. The van der Waals surface area contributed by atoms with Crippen molar-refractivity contribution >= 4 is 12.0 Å². The molecule has 3 atom stereocenters. The lowest BCUT2D eigenvalue weighted by atomic mass is 10.0. The number of carbonyl (C=O) groups is 1. The molecular weight excluding hydrogens is 288 g/mol. The van der Waals surface area contributed by atoms with E-state index in [2.05, 4.69) is 24.1 Å². The van der Waals surface area contributed by atoms with Gasteiger partial charge < -0.3 is 10.1 Å². The van der Waals surface area contributed by atoms with E-state index in [1.54, 1.807) is 6.08 Å². The first kappa shape index (κ1) is 16.2. The largest absolute Gasteiger partial charge is 0.375 e. The van der Waals surface area contributed by atoms with Gasteiger partial charge in [-0.25, -0.2) is 0 Å². The molecule has 23 heavy (non-hydrogen) atoms. The fourth-order valence-electron chi connectivity index (χ4n) is 3.39. The highest BCUT2D eigenvalue weighted by atomic mass is 16.5. The molecule has 0 spiro atoms. The number of ether oxygens (including phenoxy) is 1. The zero-order valence-electron chi connectivity index (χ0n) is 13.9. The van der Waals surface area contributed by atoms with Gasteiger partial charge in [0, 0.05) is 31.2 Å². The predicted molar refractivity (Wildman–Crippen MR) is 92.0 cm³/mol. The Morgan fingerprint density at radius 1 is 1.30 bits per heavy atom. The molecule has 0 saturated carbocycles. The van der Waals surface area contributed by atoms with Crippen molar-refractivity contribution in [3.63, 3.8) is 0 Å². The molecule has 1 amide bonds. The van der Waals surface area contributed by atoms with Crippen molar-refractivity contribution in [3.05, 3.63) is 42.0 Å². The number of hydrogen-bond donors (Lipinski definition) is 1. The minimum absolute atomic E-state index is 0.0139. The number of hydrogen-bond acceptors (Lipinski definition) is 3. The first-order valence-corrected chi connectivity index (χ1v) is 8.51. The molecule has 2 heterocycles. The first-order chi connectivity index (χ1) is 11.1. The molecule has 1 aromatic carbocycles. The van der Waals surface area contributed by atoms with Gasteiger partial charge in [-0.3, -0.25) is 9.69 Å². The minimum Gasteiger partial charge on any atom is -0.375 e. The summed E-state index contributed by atoms with van der Waals surface area (Å²) in [5.74, 6) is 0.526. The molecule has 1 aromatic rings. The van der Waals surface area contributed by atoms with Gasteiger partial charge >= 0.3 is 0 Å². The topological polar surface area (TPSA) is 41.6 Å². The maximum Gasteiger partial charge on any atom is 0.244 e. The highest BCUT2D eigenvalue weighted by Crippen LogP contribution is 2.25. The van der Waals surface area contributed by atoms with Crippen LogP contribution in [0.3, 0.4) is 0 Å². The van der Waals surface area contributed by atoms with E-state index in [9.17, 15) is 4.79 Å². The highest BCUT2D eigenvalue weighted by Gasteiger charge is 2.38. The first-order valence-electron chi connectivity index (χ1n) is 8.51. The summed E-state index contributed by atoms with van der Waals surface area (Å²) in [7, 11) is 0. The van der Waals surface area contributed by atoms with E-state index in [0.717, 1.165) is 31.7 Å². The maximum absolute atomic E-state index is 12.1. The third-order valence-corrected chi connectivity index (χ3v) is 4.76. The average Bonchev–Trinajstić information content (AvgIpc) is 2.95. The SMILES string of the molecule is CC(C)[C@@H]1CN2C[C@@H](NC(=O)/C=C/c3ccccc3)C[C@H]2CO1. The standard InChI is InChI=1S/C19H26N2O2/c1-14(2)18-12-21-11-16(10-17(21)13-23-18)20-19(22)9-8-15-6-4-3-5-7-15/h3-9,14,16-18H,10-13H2,1-2H3,(H,20,22)/b9-8+/t16-,17-,18-/m0/s1. The van der Waals surface area contributed by atoms with Crippen LogP contribution in [0.15, 0.2) is 36.4 Å². The number of benzene rings is 1. The molecule has 124 valence electrons. The minimum atomic E-state index is -0.0139. The number of carbonyl (C=O) groups excluding carboxylic acids is 1. The van der Waals surface area contributed by atoms with Gasteiger partial charge in [-0.1, -0.05) is 44.2 Å². The van der Waals surface area contributed by atoms with E-state index < -0.39 is 0 Å². The van der Waals surface area contributed by atoms with Crippen LogP contribution in [-0.2, 0) is 9.53 Å². The molecule has 2 fully saturated rings. The molecule has 1 N–H and O–H groups in total. The van der Waals surface area contributed by atoms with E-state index in [-0.39, 0.29) is 11.9 Å². The Morgan fingerprint density at radius 2 is 2.09 bits per heavy atom. The third kappa shape index (κ3) is 4.21. The summed E-state index contributed by atoms with van der Waals surface area (Å²) in [6, 6.07) is 10.6. The van der Waals surface area contributed by atoms with Crippen molar-refractivity contribution in [3.8, 4) is 0 Å². The van der Waals surface area contributed by atoms with Gasteiger partial charge in [-0.2, -0.15) is 0 Å². The molecule has 2 aliphatic heterocycles. The van der Waals surface area contributed by atoms with Gasteiger partial charge in [0.05, 0.1) is 12.7 Å². The fraction of sp³-hybridized carbons (Fsp3) is 0.526. The normalized spacial score (nSPS) is 28.2. The van der Waals surface area contributed by atoms with Crippen LogP contribution in [0.5, 0.6) is 0 Å². The zero-order chi connectivity index (χ0) is 16.2. The zero-order valence-corrected chi connectivity index (χ0v) is 13.9. The molecule has 0 unspecified atom stereocenters. The van der Waals surface area contributed by atoms with Gasteiger partial charge in [-0.05, 0) is 24.0 Å². The summed E-state index contributed by atoms with van der Waals surface area (Å²) in [4.78, 5) is 14.6. The number of amides is 1. The third-order valence-electron chi connectivity index (χ3n) is 4.76. The summed E-state index contributed by atoms with van der Waals surface area (Å²) in [6.07, 6.45) is 4.78. The molecule has 2 saturated heterocycles. The number of fused-ring (bicyclic) bond motifs is 1. The fourth-order valence-corrected chi connectivity index (χ4v) is 3.39. The van der Waals surface area contributed by atoms with Crippen LogP contribution in [0.2, 0.25) is 0 Å². The van der Waals surface area contributed by atoms with Gasteiger partial charge in [-0.15, -0.1) is 0 Å². The molecule has 0 radical (unpaired) electrons. The van der Waals surface area contributed by atoms with Crippen LogP contribution in [-0.4, -0.2) is 48.7 Å². The molecule has 0 aromatic heterocycles. The summed E-state index contributed by atoms with van der Waals surface area (Å²) < 4.78 is 5.94. The van der Waals surface area contributed by atoms with Crippen molar-refractivity contribution in [2.24, 2.45) is 5.92 Å². The summed E-state index contributed by atoms with van der Waals surface area (Å²) in [5, 5.41) is 3.13. The lowest BCUT2D eigenvalue weighted by molar-refractivity contribution is -0.117. The van der Waals surface area contributed by atoms with Crippen LogP contribution in [0.1, 0.15) is 25.8 Å². The monoisotopic (exact) mass is 314 g/mol. The Hall–Kier alpha value is -1.65. The van der Waals surface area contributed by atoms with E-state index in [1.807, 2.05) is 36.4 Å². The Balaban J connectivity index is 1.50. The van der Waals surface area contributed by atoms with Crippen molar-refractivity contribution in [2.45, 2.75) is 38.5 Å². The van der Waals surface area contributed by atoms with Crippen molar-refractivity contribution in [1.29, 1.82) is 0 Å². The van der Waals surface area contributed by atoms with E-state index in [0.29, 0.717) is 18.1 Å². The van der Waals surface area contributed by atoms with Crippen LogP contribution in [0, 0.1) is 5.92 Å². The molecule has 3 rings (SSSR count). The van der Waals surface area contributed by atoms with Crippen molar-refractivity contribution < 1.29 is 9.53 Å². The molecule has 0 aliphatic carbocycles. The number of rotatable bonds is 4. The smallest absolute Gasteiger partial charge is 0.244 e. The Morgan fingerprint density at radius 3 is 2.83 bits per heavy atom. The van der Waals surface area contributed by atoms with Crippen LogP contribution < -0.4 is 5.32 Å². The van der Waals surface area contributed by atoms with Gasteiger partial charge in [0.1, 0.15) is 0 Å². The summed E-state index contributed by atoms with van der Waals surface area (Å²) in [5.41, 5.74) is 1.04. The Bertz CT molecular complexity index is 556. The quantitative estimate of drug-likeness (QED) is 0.867. The summed E-state index contributed by atoms with van der Waals surface area (Å²) in [6.45, 7) is 7.11. The van der Waals surface area contributed by atoms with Gasteiger partial charge in [0.25, 0.3) is 0 Å². The molecule has 4 heteroatoms. The predicted octanol–water partition coefficient (Wildman–Crippen LogP) is 2.31. The maximum atomic E-state index is 12.1. The van der Waals surface area contributed by atoms with Crippen LogP contribution in [0.4, 0.5) is 0 Å². The second-order valence-electron chi connectivity index (χ2n) is 6.91.